The predicted octanol–water partition coefficient (Wildman–Crippen LogP) is 1.77. The lowest BCUT2D eigenvalue weighted by molar-refractivity contribution is 0.00205. The number of carbonyl (C=O) groups excluding carboxylic acids is 1. The van der Waals surface area contributed by atoms with E-state index >= 15 is 0 Å². The smallest absolute Gasteiger partial charge is 0.395 e. The highest BCUT2D eigenvalue weighted by Gasteiger charge is 2.46. The molecule has 2 saturated heterocycles. The maximum absolute atomic E-state index is 11.3. The van der Waals surface area contributed by atoms with E-state index in [-0.39, 0.29) is 25.4 Å². The number of benzene rings is 2. The minimum absolute atomic E-state index is 0.284. The van der Waals surface area contributed by atoms with Gasteiger partial charge in [0.25, 0.3) is 0 Å². The fraction of sp³-hybridized carbons (Fsp3) is 0.316. The van der Waals surface area contributed by atoms with E-state index in [9.17, 15) is 4.79 Å². The fourth-order valence-electron chi connectivity index (χ4n) is 2.65. The van der Waals surface area contributed by atoms with Crippen LogP contribution in [0.4, 0.5) is 4.79 Å². The molecular formula is C19H20O7. The molecule has 2 aromatic rings. The highest BCUT2D eigenvalue weighted by Crippen LogP contribution is 2.26. The second-order valence-corrected chi connectivity index (χ2v) is 5.81. The van der Waals surface area contributed by atoms with Gasteiger partial charge in [-0.25, -0.2) is 4.79 Å². The van der Waals surface area contributed by atoms with Crippen molar-refractivity contribution >= 4 is 6.16 Å². The van der Waals surface area contributed by atoms with E-state index in [1.807, 2.05) is 12.1 Å². The van der Waals surface area contributed by atoms with E-state index in [0.29, 0.717) is 11.5 Å². The van der Waals surface area contributed by atoms with Crippen molar-refractivity contribution in [3.63, 3.8) is 0 Å². The van der Waals surface area contributed by atoms with Gasteiger partial charge in [-0.05, 0) is 24.3 Å². The van der Waals surface area contributed by atoms with Gasteiger partial charge in [-0.1, -0.05) is 36.4 Å². The van der Waals surface area contributed by atoms with Crippen molar-refractivity contribution in [1.29, 1.82) is 0 Å². The Labute approximate surface area is 150 Å². The lowest BCUT2D eigenvalue weighted by atomic mass is 10.1. The van der Waals surface area contributed by atoms with Gasteiger partial charge in [-0.15, -0.1) is 0 Å². The highest BCUT2D eigenvalue weighted by atomic mass is 16.7. The molecule has 0 bridgehead atoms. The molecule has 0 saturated carbocycles. The molecule has 0 amide bonds. The molecule has 2 heterocycles. The molecule has 0 aromatic heterocycles. The first-order chi connectivity index (χ1) is 12.6. The van der Waals surface area contributed by atoms with Gasteiger partial charge in [-0.2, -0.15) is 0 Å². The number of ether oxygens (including phenoxy) is 4. The summed E-state index contributed by atoms with van der Waals surface area (Å²) < 4.78 is 20.1. The Hall–Kier alpha value is -2.45. The summed E-state index contributed by atoms with van der Waals surface area (Å²) in [4.78, 5) is 11.3. The molecule has 7 nitrogen and oxygen atoms in total. The number of carbonyl (C=O) groups is 1. The van der Waals surface area contributed by atoms with Gasteiger partial charge in [0.2, 0.25) is 0 Å². The van der Waals surface area contributed by atoms with Crippen molar-refractivity contribution in [3.05, 3.63) is 60.7 Å². The molecule has 7 heteroatoms. The molecule has 4 atom stereocenters. The molecule has 138 valence electrons. The largest absolute Gasteiger partial charge is 0.519 e. The maximum Gasteiger partial charge on any atom is 0.519 e. The van der Waals surface area contributed by atoms with Crippen LogP contribution in [0, 0.1) is 0 Å². The molecule has 2 aromatic carbocycles. The summed E-state index contributed by atoms with van der Waals surface area (Å²) >= 11 is 0. The Balaban J connectivity index is 0.000000167. The van der Waals surface area contributed by atoms with E-state index in [1.54, 1.807) is 48.5 Å². The number of hydrogen-bond donors (Lipinski definition) is 2. The van der Waals surface area contributed by atoms with Crippen LogP contribution in [-0.2, 0) is 9.47 Å². The molecule has 0 unspecified atom stereocenters. The van der Waals surface area contributed by atoms with Crippen molar-refractivity contribution in [2.45, 2.75) is 24.4 Å². The summed E-state index contributed by atoms with van der Waals surface area (Å²) in [6.45, 7) is 0.568. The highest BCUT2D eigenvalue weighted by molar-refractivity contribution is 5.66. The standard InChI is InChI=1S/C13H10O3.C6H10O4/c14-13(15-11-7-3-1-4-8-11)16-12-9-5-2-6-10-12;7-3-1-9-6-4(8)2-10-5(3)6/h1-10H;3-8H,1-2H2/t;3-,4+,5-,6-/m.1/s1. The number of aliphatic hydroxyl groups excluding tert-OH is 2. The molecule has 2 aliphatic heterocycles. The van der Waals surface area contributed by atoms with Gasteiger partial charge in [0, 0.05) is 0 Å². The first kappa shape index (κ1) is 18.3. The van der Waals surface area contributed by atoms with Gasteiger partial charge in [0.1, 0.15) is 35.9 Å². The summed E-state index contributed by atoms with van der Waals surface area (Å²) in [5.41, 5.74) is 0. The lowest BCUT2D eigenvalue weighted by Crippen LogP contribution is -2.30. The average molecular weight is 360 g/mol. The molecule has 2 fully saturated rings. The molecule has 0 aliphatic carbocycles. The van der Waals surface area contributed by atoms with E-state index in [2.05, 4.69) is 0 Å². The summed E-state index contributed by atoms with van der Waals surface area (Å²) in [5.74, 6) is 0.923. The first-order valence-electron chi connectivity index (χ1n) is 8.22. The first-order valence-corrected chi connectivity index (χ1v) is 8.22. The molecule has 2 aliphatic rings. The monoisotopic (exact) mass is 360 g/mol. The van der Waals surface area contributed by atoms with Gasteiger partial charge in [0.15, 0.2) is 0 Å². The summed E-state index contributed by atoms with van der Waals surface area (Å²) in [6, 6.07) is 17.6. The third kappa shape index (κ3) is 4.80. The number of rotatable bonds is 2. The average Bonchev–Trinajstić information content (AvgIpc) is 3.21. The number of para-hydroxylation sites is 2. The van der Waals surface area contributed by atoms with Crippen molar-refractivity contribution < 1.29 is 34.0 Å². The Morgan fingerprint density at radius 1 is 0.769 bits per heavy atom. The molecular weight excluding hydrogens is 340 g/mol. The second kappa shape index (κ2) is 8.77. The van der Waals surface area contributed by atoms with Crippen molar-refractivity contribution in [3.8, 4) is 11.5 Å². The third-order valence-electron chi connectivity index (χ3n) is 3.89. The van der Waals surface area contributed by atoms with Crippen LogP contribution in [0.25, 0.3) is 0 Å². The molecule has 0 radical (unpaired) electrons. The van der Waals surface area contributed by atoms with Gasteiger partial charge < -0.3 is 29.2 Å². The lowest BCUT2D eigenvalue weighted by Gasteiger charge is -2.09. The SMILES string of the molecule is O=C(Oc1ccccc1)Oc1ccccc1.O[C@@H]1CO[C@H]2[C@@H]1OC[C@@H]2O. The van der Waals surface area contributed by atoms with Crippen LogP contribution < -0.4 is 9.47 Å². The van der Waals surface area contributed by atoms with Crippen LogP contribution in [0.5, 0.6) is 11.5 Å². The molecule has 2 N–H and O–H groups in total. The van der Waals surface area contributed by atoms with Crippen molar-refractivity contribution in [2.75, 3.05) is 13.2 Å². The topological polar surface area (TPSA) is 94.5 Å². The zero-order valence-electron chi connectivity index (χ0n) is 13.9. The third-order valence-corrected chi connectivity index (χ3v) is 3.89. The molecule has 26 heavy (non-hydrogen) atoms. The van der Waals surface area contributed by atoms with E-state index in [4.69, 9.17) is 29.2 Å². The Bertz CT molecular complexity index is 632. The van der Waals surface area contributed by atoms with Gasteiger partial charge in [0.05, 0.1) is 13.2 Å². The van der Waals surface area contributed by atoms with Crippen LogP contribution in [0.1, 0.15) is 0 Å². The Morgan fingerprint density at radius 2 is 1.15 bits per heavy atom. The van der Waals surface area contributed by atoms with Gasteiger partial charge >= 0.3 is 6.16 Å². The van der Waals surface area contributed by atoms with Gasteiger partial charge in [-0.3, -0.25) is 0 Å². The van der Waals surface area contributed by atoms with Crippen LogP contribution in [0.15, 0.2) is 60.7 Å². The van der Waals surface area contributed by atoms with E-state index in [0.717, 1.165) is 0 Å². The van der Waals surface area contributed by atoms with Crippen molar-refractivity contribution in [1.82, 2.24) is 0 Å². The Morgan fingerprint density at radius 3 is 1.54 bits per heavy atom. The normalized spacial score (nSPS) is 26.4. The maximum atomic E-state index is 11.3. The van der Waals surface area contributed by atoms with Crippen molar-refractivity contribution in [2.24, 2.45) is 0 Å². The van der Waals surface area contributed by atoms with Crippen LogP contribution in [-0.4, -0.2) is 54.0 Å². The zero-order chi connectivity index (χ0) is 18.4. The minimum Gasteiger partial charge on any atom is -0.395 e. The Kier molecular flexibility index (Phi) is 6.19. The van der Waals surface area contributed by atoms with Crippen LogP contribution in [0.2, 0.25) is 0 Å². The minimum atomic E-state index is -0.739. The molecule has 4 rings (SSSR count). The summed E-state index contributed by atoms with van der Waals surface area (Å²) in [7, 11) is 0. The van der Waals surface area contributed by atoms with E-state index in [1.165, 1.54) is 0 Å². The number of hydrogen-bond acceptors (Lipinski definition) is 7. The fourth-order valence-corrected chi connectivity index (χ4v) is 2.65. The van der Waals surface area contributed by atoms with Crippen LogP contribution >= 0.6 is 0 Å². The molecule has 0 spiro atoms. The second-order valence-electron chi connectivity index (χ2n) is 5.81. The summed E-state index contributed by atoms with van der Waals surface area (Å²) in [6.07, 6.45) is -2.44. The quantitative estimate of drug-likeness (QED) is 0.623. The summed E-state index contributed by atoms with van der Waals surface area (Å²) in [5, 5.41) is 18.3. The number of fused-ring (bicyclic) bond motifs is 1. The number of aliphatic hydroxyl groups is 2. The predicted molar refractivity (Wildman–Crippen MR) is 91.0 cm³/mol. The zero-order valence-corrected chi connectivity index (χ0v) is 13.9. The van der Waals surface area contributed by atoms with Crippen LogP contribution in [0.3, 0.4) is 0 Å². The van der Waals surface area contributed by atoms with E-state index < -0.39 is 18.4 Å².